The van der Waals surface area contributed by atoms with E-state index in [-0.39, 0.29) is 5.84 Å². The zero-order valence-corrected chi connectivity index (χ0v) is 12.7. The average Bonchev–Trinajstić information content (AvgIpc) is 2.39. The molecule has 0 amide bonds. The number of likely N-dealkylation sites (N-methyl/N-ethyl adjacent to an activating group) is 1. The minimum Gasteiger partial charge on any atom is -0.492 e. The van der Waals surface area contributed by atoms with Crippen molar-refractivity contribution < 1.29 is 4.74 Å². The number of hydrogen-bond donors (Lipinski definition) is 2. The maximum Gasteiger partial charge on any atom is 0.122 e. The summed E-state index contributed by atoms with van der Waals surface area (Å²) in [5.41, 5.74) is 6.12. The van der Waals surface area contributed by atoms with E-state index in [0.29, 0.717) is 12.6 Å². The Labute approximate surface area is 119 Å². The van der Waals surface area contributed by atoms with Gasteiger partial charge in [-0.25, -0.2) is 0 Å². The van der Waals surface area contributed by atoms with Crippen LogP contribution in [0.2, 0.25) is 0 Å². The zero-order valence-electron chi connectivity index (χ0n) is 11.8. The smallest absolute Gasteiger partial charge is 0.122 e. The van der Waals surface area contributed by atoms with Crippen molar-refractivity contribution in [2.75, 3.05) is 32.2 Å². The Morgan fingerprint density at radius 1 is 1.42 bits per heavy atom. The lowest BCUT2D eigenvalue weighted by Crippen LogP contribution is -2.34. The molecular formula is C14H23N3OS. The molecule has 1 aromatic carbocycles. The van der Waals surface area contributed by atoms with Gasteiger partial charge >= 0.3 is 0 Å². The molecule has 19 heavy (non-hydrogen) atoms. The number of nitrogens with one attached hydrogen (secondary N) is 1. The molecule has 0 aliphatic heterocycles. The Kier molecular flexibility index (Phi) is 6.73. The van der Waals surface area contributed by atoms with Gasteiger partial charge in [-0.05, 0) is 44.5 Å². The fraction of sp³-hybridized carbons (Fsp3) is 0.500. The predicted molar refractivity (Wildman–Crippen MR) is 83.4 cm³/mol. The third-order valence-corrected chi connectivity index (χ3v) is 3.85. The van der Waals surface area contributed by atoms with Crippen molar-refractivity contribution in [3.05, 3.63) is 29.8 Å². The molecule has 0 bridgehead atoms. The first-order valence-corrected chi connectivity index (χ1v) is 7.70. The summed E-state index contributed by atoms with van der Waals surface area (Å²) in [4.78, 5) is 2.29. The molecule has 0 fully saturated rings. The summed E-state index contributed by atoms with van der Waals surface area (Å²) in [6.07, 6.45) is 2.12. The van der Waals surface area contributed by atoms with E-state index in [4.69, 9.17) is 15.9 Å². The highest BCUT2D eigenvalue weighted by Gasteiger charge is 2.07. The summed E-state index contributed by atoms with van der Waals surface area (Å²) in [6, 6.07) is 7.86. The first kappa shape index (κ1) is 15.9. The molecule has 0 aliphatic carbocycles. The molecule has 5 heteroatoms. The Balaban J connectivity index is 2.34. The Hall–Kier alpha value is -1.20. The van der Waals surface area contributed by atoms with E-state index < -0.39 is 0 Å². The van der Waals surface area contributed by atoms with Crippen molar-refractivity contribution in [1.29, 1.82) is 5.41 Å². The van der Waals surface area contributed by atoms with Gasteiger partial charge < -0.3 is 10.5 Å². The molecule has 0 aliphatic rings. The van der Waals surface area contributed by atoms with E-state index in [0.717, 1.165) is 23.6 Å². The van der Waals surface area contributed by atoms with Gasteiger partial charge in [-0.1, -0.05) is 0 Å². The van der Waals surface area contributed by atoms with Crippen molar-refractivity contribution in [2.45, 2.75) is 13.0 Å². The maximum absolute atomic E-state index is 7.32. The van der Waals surface area contributed by atoms with Crippen LogP contribution in [0.1, 0.15) is 12.5 Å². The quantitative estimate of drug-likeness (QED) is 0.565. The molecule has 0 radical (unpaired) electrons. The fourth-order valence-corrected chi connectivity index (χ4v) is 2.36. The van der Waals surface area contributed by atoms with Gasteiger partial charge in [0.1, 0.15) is 18.2 Å². The number of rotatable bonds is 8. The van der Waals surface area contributed by atoms with Crippen LogP contribution in [0.3, 0.4) is 0 Å². The minimum absolute atomic E-state index is 0.0807. The number of hydrogen-bond acceptors (Lipinski definition) is 4. The lowest BCUT2D eigenvalue weighted by molar-refractivity contribution is 0.210. The average molecular weight is 281 g/mol. The van der Waals surface area contributed by atoms with Gasteiger partial charge in [-0.15, -0.1) is 0 Å². The first-order valence-electron chi connectivity index (χ1n) is 6.31. The lowest BCUT2D eigenvalue weighted by atomic mass is 10.2. The SMILES string of the molecule is CSCC(C)N(C)CCOc1ccc(C(=N)N)cc1. The second kappa shape index (κ2) is 8.07. The summed E-state index contributed by atoms with van der Waals surface area (Å²) in [5.74, 6) is 2.03. The van der Waals surface area contributed by atoms with Gasteiger partial charge in [0, 0.05) is 23.9 Å². The highest BCUT2D eigenvalue weighted by atomic mass is 32.2. The second-order valence-electron chi connectivity index (χ2n) is 4.57. The predicted octanol–water partition coefficient (Wildman–Crippen LogP) is 2.03. The number of ether oxygens (including phenoxy) is 1. The molecule has 1 rings (SSSR count). The van der Waals surface area contributed by atoms with Gasteiger partial charge in [0.05, 0.1) is 0 Å². The molecule has 106 valence electrons. The second-order valence-corrected chi connectivity index (χ2v) is 5.48. The summed E-state index contributed by atoms with van der Waals surface area (Å²) in [7, 11) is 2.11. The van der Waals surface area contributed by atoms with Gasteiger partial charge in [0.15, 0.2) is 0 Å². The van der Waals surface area contributed by atoms with E-state index in [2.05, 4.69) is 25.1 Å². The van der Waals surface area contributed by atoms with Crippen molar-refractivity contribution in [2.24, 2.45) is 5.73 Å². The Bertz CT molecular complexity index is 394. The number of thioether (sulfide) groups is 1. The first-order chi connectivity index (χ1) is 9.04. The minimum atomic E-state index is 0.0807. The monoisotopic (exact) mass is 281 g/mol. The fourth-order valence-electron chi connectivity index (χ4n) is 1.63. The molecular weight excluding hydrogens is 258 g/mol. The maximum atomic E-state index is 7.32. The summed E-state index contributed by atoms with van der Waals surface area (Å²) in [6.45, 7) is 3.78. The van der Waals surface area contributed by atoms with Crippen LogP contribution in [-0.2, 0) is 0 Å². The topological polar surface area (TPSA) is 62.3 Å². The number of nitrogens with two attached hydrogens (primary N) is 1. The van der Waals surface area contributed by atoms with Crippen molar-refractivity contribution in [3.8, 4) is 5.75 Å². The molecule has 1 aromatic rings. The molecule has 4 nitrogen and oxygen atoms in total. The summed E-state index contributed by atoms with van der Waals surface area (Å²) in [5, 5.41) is 7.32. The highest BCUT2D eigenvalue weighted by molar-refractivity contribution is 7.98. The molecule has 0 saturated heterocycles. The van der Waals surface area contributed by atoms with E-state index in [1.807, 2.05) is 23.9 Å². The third-order valence-electron chi connectivity index (χ3n) is 3.04. The molecule has 0 spiro atoms. The molecule has 0 heterocycles. The molecule has 1 unspecified atom stereocenters. The van der Waals surface area contributed by atoms with Crippen molar-refractivity contribution >= 4 is 17.6 Å². The van der Waals surface area contributed by atoms with E-state index in [9.17, 15) is 0 Å². The number of nitrogen functional groups attached to an aromatic ring is 1. The van der Waals surface area contributed by atoms with Crippen molar-refractivity contribution in [3.63, 3.8) is 0 Å². The number of benzene rings is 1. The highest BCUT2D eigenvalue weighted by Crippen LogP contribution is 2.12. The van der Waals surface area contributed by atoms with E-state index >= 15 is 0 Å². The standard InChI is InChI=1S/C14H23N3OS/c1-11(10-19-3)17(2)8-9-18-13-6-4-12(5-7-13)14(15)16/h4-7,11H,8-10H2,1-3H3,(H3,15,16). The molecule has 0 aromatic heterocycles. The van der Waals surface area contributed by atoms with E-state index in [1.165, 1.54) is 0 Å². The number of amidine groups is 1. The van der Waals surface area contributed by atoms with Crippen LogP contribution < -0.4 is 10.5 Å². The lowest BCUT2D eigenvalue weighted by Gasteiger charge is -2.23. The van der Waals surface area contributed by atoms with Crippen LogP contribution >= 0.6 is 11.8 Å². The Morgan fingerprint density at radius 3 is 2.58 bits per heavy atom. The summed E-state index contributed by atoms with van der Waals surface area (Å²) < 4.78 is 5.68. The normalized spacial score (nSPS) is 12.4. The third kappa shape index (κ3) is 5.53. The number of nitrogens with zero attached hydrogens (tertiary/aromatic N) is 1. The van der Waals surface area contributed by atoms with Crippen LogP contribution in [0.5, 0.6) is 5.75 Å². The zero-order chi connectivity index (χ0) is 14.3. The molecule has 3 N–H and O–H groups in total. The largest absolute Gasteiger partial charge is 0.492 e. The van der Waals surface area contributed by atoms with Gasteiger partial charge in [0.25, 0.3) is 0 Å². The van der Waals surface area contributed by atoms with Crippen LogP contribution in [0.4, 0.5) is 0 Å². The van der Waals surface area contributed by atoms with Crippen LogP contribution in [0, 0.1) is 5.41 Å². The van der Waals surface area contributed by atoms with Gasteiger partial charge in [-0.2, -0.15) is 11.8 Å². The van der Waals surface area contributed by atoms with Crippen LogP contribution in [-0.4, -0.2) is 49.0 Å². The van der Waals surface area contributed by atoms with Gasteiger partial charge in [0.2, 0.25) is 0 Å². The van der Waals surface area contributed by atoms with E-state index in [1.54, 1.807) is 12.1 Å². The van der Waals surface area contributed by atoms with Crippen molar-refractivity contribution in [1.82, 2.24) is 4.90 Å². The summed E-state index contributed by atoms with van der Waals surface area (Å²) >= 11 is 1.86. The van der Waals surface area contributed by atoms with Gasteiger partial charge in [-0.3, -0.25) is 10.3 Å². The molecule has 1 atom stereocenters. The Morgan fingerprint density at radius 2 is 2.05 bits per heavy atom. The molecule has 0 saturated carbocycles. The van der Waals surface area contributed by atoms with Crippen LogP contribution in [0.25, 0.3) is 0 Å². The van der Waals surface area contributed by atoms with Crippen LogP contribution in [0.15, 0.2) is 24.3 Å².